The van der Waals surface area contributed by atoms with Gasteiger partial charge in [0.1, 0.15) is 0 Å². The van der Waals surface area contributed by atoms with Crippen molar-refractivity contribution < 1.29 is 4.79 Å². The van der Waals surface area contributed by atoms with Crippen molar-refractivity contribution in [3.05, 3.63) is 80.9 Å². The van der Waals surface area contributed by atoms with Gasteiger partial charge < -0.3 is 5.32 Å². The first-order chi connectivity index (χ1) is 13.3. The van der Waals surface area contributed by atoms with Gasteiger partial charge in [-0.3, -0.25) is 14.2 Å². The third-order valence-corrected chi connectivity index (χ3v) is 5.46. The van der Waals surface area contributed by atoms with Crippen molar-refractivity contribution in [2.75, 3.05) is 11.1 Å². The molecule has 1 aromatic heterocycles. The minimum Gasteiger partial charge on any atom is -0.325 e. The average Bonchev–Trinajstić information content (AvgIpc) is 2.62. The number of nitrogens with one attached hydrogen (secondary N) is 1. The van der Waals surface area contributed by atoms with E-state index in [0.29, 0.717) is 10.7 Å². The molecule has 3 rings (SSSR count). The number of amides is 1. The molecule has 0 saturated carbocycles. The predicted octanol–water partition coefficient (Wildman–Crippen LogP) is 4.54. The Kier molecular flexibility index (Phi) is 6.21. The van der Waals surface area contributed by atoms with Gasteiger partial charge in [0.25, 0.3) is 5.56 Å². The van der Waals surface area contributed by atoms with Crippen molar-refractivity contribution in [1.29, 1.82) is 0 Å². The van der Waals surface area contributed by atoms with E-state index in [0.717, 1.165) is 34.1 Å². The monoisotopic (exact) mass is 413 g/mol. The maximum atomic E-state index is 12.7. The molecule has 0 fully saturated rings. The molecule has 0 aliphatic rings. The summed E-state index contributed by atoms with van der Waals surface area (Å²) in [4.78, 5) is 29.1. The van der Waals surface area contributed by atoms with E-state index in [2.05, 4.69) is 10.3 Å². The molecule has 0 aliphatic carbocycles. The number of benzene rings is 2. The van der Waals surface area contributed by atoms with Gasteiger partial charge in [-0.1, -0.05) is 35.5 Å². The third kappa shape index (κ3) is 4.82. The number of hydrogen-bond acceptors (Lipinski definition) is 4. The number of carbonyl (C=O) groups is 1. The van der Waals surface area contributed by atoms with Crippen LogP contribution < -0.4 is 10.9 Å². The van der Waals surface area contributed by atoms with Crippen LogP contribution in [0.1, 0.15) is 16.7 Å². The van der Waals surface area contributed by atoms with Gasteiger partial charge in [0.2, 0.25) is 5.91 Å². The number of thioether (sulfide) groups is 1. The second-order valence-corrected chi connectivity index (χ2v) is 7.93. The highest BCUT2D eigenvalue weighted by Gasteiger charge is 2.11. The highest BCUT2D eigenvalue weighted by atomic mass is 35.5. The van der Waals surface area contributed by atoms with E-state index >= 15 is 0 Å². The minimum absolute atomic E-state index is 0.0912. The van der Waals surface area contributed by atoms with E-state index in [-0.39, 0.29) is 22.2 Å². The lowest BCUT2D eigenvalue weighted by Crippen LogP contribution is -2.22. The van der Waals surface area contributed by atoms with E-state index < -0.39 is 0 Å². The summed E-state index contributed by atoms with van der Waals surface area (Å²) in [5.74, 6) is -0.0987. The Morgan fingerprint density at radius 1 is 1.14 bits per heavy atom. The molecule has 1 heterocycles. The smallest absolute Gasteiger partial charge is 0.287 e. The second kappa shape index (κ2) is 8.63. The third-order valence-electron chi connectivity index (χ3n) is 4.09. The Balaban J connectivity index is 1.73. The van der Waals surface area contributed by atoms with Crippen LogP contribution in [-0.4, -0.2) is 21.2 Å². The molecule has 3 aromatic rings. The zero-order chi connectivity index (χ0) is 20.3. The van der Waals surface area contributed by atoms with Gasteiger partial charge in [0.05, 0.1) is 11.4 Å². The van der Waals surface area contributed by atoms with Crippen LogP contribution in [0.5, 0.6) is 0 Å². The van der Waals surface area contributed by atoms with E-state index in [4.69, 9.17) is 11.6 Å². The fraction of sp³-hybridized carbons (Fsp3) is 0.190. The number of halogens is 1. The SMILES string of the molecule is Cc1cc(C)cc(NC(=O)CSc2nccn(-c3ccc(C)c(Cl)c3)c2=O)c1. The van der Waals surface area contributed by atoms with Crippen molar-refractivity contribution in [2.45, 2.75) is 25.8 Å². The molecule has 144 valence electrons. The summed E-state index contributed by atoms with van der Waals surface area (Å²) in [7, 11) is 0. The molecular formula is C21H20ClN3O2S. The summed E-state index contributed by atoms with van der Waals surface area (Å²) >= 11 is 7.28. The van der Waals surface area contributed by atoms with Crippen LogP contribution in [0.15, 0.2) is 58.6 Å². The number of aromatic nitrogens is 2. The van der Waals surface area contributed by atoms with E-state index in [9.17, 15) is 9.59 Å². The molecule has 2 aromatic carbocycles. The summed E-state index contributed by atoms with van der Waals surface area (Å²) in [6.45, 7) is 5.85. The quantitative estimate of drug-likeness (QED) is 0.623. The number of anilines is 1. The number of carbonyl (C=O) groups excluding carboxylic acids is 1. The van der Waals surface area contributed by atoms with Crippen molar-refractivity contribution in [2.24, 2.45) is 0 Å². The minimum atomic E-state index is -0.286. The summed E-state index contributed by atoms with van der Waals surface area (Å²) in [5.41, 5.74) is 4.21. The van der Waals surface area contributed by atoms with Gasteiger partial charge in [-0.05, 0) is 61.7 Å². The number of aryl methyl sites for hydroxylation is 3. The maximum Gasteiger partial charge on any atom is 0.287 e. The molecule has 0 unspecified atom stereocenters. The van der Waals surface area contributed by atoms with Crippen molar-refractivity contribution in [3.8, 4) is 5.69 Å². The first-order valence-electron chi connectivity index (χ1n) is 8.68. The topological polar surface area (TPSA) is 64.0 Å². The summed E-state index contributed by atoms with van der Waals surface area (Å²) < 4.78 is 1.47. The molecule has 28 heavy (non-hydrogen) atoms. The van der Waals surface area contributed by atoms with Gasteiger partial charge in [0.15, 0.2) is 5.03 Å². The van der Waals surface area contributed by atoms with Gasteiger partial charge in [-0.25, -0.2) is 4.98 Å². The largest absolute Gasteiger partial charge is 0.325 e. The Morgan fingerprint density at radius 3 is 2.54 bits per heavy atom. The van der Waals surface area contributed by atoms with Crippen molar-refractivity contribution in [1.82, 2.24) is 9.55 Å². The summed E-state index contributed by atoms with van der Waals surface area (Å²) in [6.07, 6.45) is 3.13. The number of nitrogens with zero attached hydrogens (tertiary/aromatic N) is 2. The van der Waals surface area contributed by atoms with Crippen LogP contribution in [0.25, 0.3) is 5.69 Å². The van der Waals surface area contributed by atoms with E-state index in [1.165, 1.54) is 4.57 Å². The molecule has 0 saturated heterocycles. The highest BCUT2D eigenvalue weighted by Crippen LogP contribution is 2.20. The fourth-order valence-corrected chi connectivity index (χ4v) is 3.68. The Hall–Kier alpha value is -2.57. The zero-order valence-corrected chi connectivity index (χ0v) is 17.4. The molecule has 1 N–H and O–H groups in total. The van der Waals surface area contributed by atoms with E-state index in [1.54, 1.807) is 18.5 Å². The van der Waals surface area contributed by atoms with Gasteiger partial charge in [-0.2, -0.15) is 0 Å². The van der Waals surface area contributed by atoms with Crippen LogP contribution in [-0.2, 0) is 4.79 Å². The lowest BCUT2D eigenvalue weighted by Gasteiger charge is -2.09. The van der Waals surface area contributed by atoms with Gasteiger partial charge in [-0.15, -0.1) is 0 Å². The predicted molar refractivity (Wildman–Crippen MR) is 115 cm³/mol. The molecular weight excluding hydrogens is 394 g/mol. The fourth-order valence-electron chi connectivity index (χ4n) is 2.81. The zero-order valence-electron chi connectivity index (χ0n) is 15.8. The summed E-state index contributed by atoms with van der Waals surface area (Å²) in [5, 5.41) is 3.70. The lowest BCUT2D eigenvalue weighted by molar-refractivity contribution is -0.113. The Labute approximate surface area is 172 Å². The van der Waals surface area contributed by atoms with Crippen LogP contribution in [0.2, 0.25) is 5.02 Å². The van der Waals surface area contributed by atoms with E-state index in [1.807, 2.05) is 51.1 Å². The van der Waals surface area contributed by atoms with Crippen LogP contribution >= 0.6 is 23.4 Å². The molecule has 0 spiro atoms. The van der Waals surface area contributed by atoms with Crippen molar-refractivity contribution in [3.63, 3.8) is 0 Å². The molecule has 1 amide bonds. The van der Waals surface area contributed by atoms with Crippen LogP contribution in [0.3, 0.4) is 0 Å². The Bertz CT molecular complexity index is 1070. The first kappa shape index (κ1) is 20.2. The molecule has 7 heteroatoms. The normalized spacial score (nSPS) is 10.7. The molecule has 0 atom stereocenters. The maximum absolute atomic E-state index is 12.7. The Morgan fingerprint density at radius 2 is 1.86 bits per heavy atom. The first-order valence-corrected chi connectivity index (χ1v) is 10.0. The standard InChI is InChI=1S/C21H20ClN3O2S/c1-13-8-14(2)10-16(9-13)24-19(26)12-28-20-21(27)25(7-6-23-20)17-5-4-15(3)18(22)11-17/h4-11H,12H2,1-3H3,(H,24,26). The molecule has 5 nitrogen and oxygen atoms in total. The van der Waals surface area contributed by atoms with Gasteiger partial charge >= 0.3 is 0 Å². The molecule has 0 aliphatic heterocycles. The molecule has 0 radical (unpaired) electrons. The van der Waals surface area contributed by atoms with Gasteiger partial charge in [0, 0.05) is 23.1 Å². The van der Waals surface area contributed by atoms with Crippen molar-refractivity contribution >= 4 is 35.0 Å². The molecule has 0 bridgehead atoms. The van der Waals surface area contributed by atoms with Crippen LogP contribution in [0, 0.1) is 20.8 Å². The summed E-state index contributed by atoms with van der Waals surface area (Å²) in [6, 6.07) is 11.3. The highest BCUT2D eigenvalue weighted by molar-refractivity contribution is 7.99. The average molecular weight is 414 g/mol. The lowest BCUT2D eigenvalue weighted by atomic mass is 10.1. The number of rotatable bonds is 5. The number of hydrogen-bond donors (Lipinski definition) is 1. The second-order valence-electron chi connectivity index (χ2n) is 6.55. The van der Waals surface area contributed by atoms with Crippen LogP contribution in [0.4, 0.5) is 5.69 Å².